The number of esters is 3. The van der Waals surface area contributed by atoms with Crippen molar-refractivity contribution in [2.24, 2.45) is 11.8 Å². The largest absolute Gasteiger partial charge is 0.462 e. The van der Waals surface area contributed by atoms with E-state index in [1.807, 2.05) is 0 Å². The molecule has 0 amide bonds. The smallest absolute Gasteiger partial charge is 0.306 e. The number of rotatable bonds is 50. The molecular formula is C56H108O6. The summed E-state index contributed by atoms with van der Waals surface area (Å²) in [5.74, 6) is 0.821. The zero-order valence-corrected chi connectivity index (χ0v) is 42.5. The molecule has 0 aromatic carbocycles. The maximum absolute atomic E-state index is 12.8. The van der Waals surface area contributed by atoms with Crippen LogP contribution in [0.3, 0.4) is 0 Å². The van der Waals surface area contributed by atoms with Gasteiger partial charge in [0.15, 0.2) is 6.10 Å². The summed E-state index contributed by atoms with van der Waals surface area (Å²) >= 11 is 0. The van der Waals surface area contributed by atoms with Gasteiger partial charge >= 0.3 is 17.9 Å². The number of hydrogen-bond acceptors (Lipinski definition) is 6. The molecule has 0 aliphatic rings. The molecule has 1 unspecified atom stereocenters. The van der Waals surface area contributed by atoms with Gasteiger partial charge in [-0.15, -0.1) is 0 Å². The van der Waals surface area contributed by atoms with E-state index in [0.717, 1.165) is 69.6 Å². The van der Waals surface area contributed by atoms with Gasteiger partial charge in [-0.3, -0.25) is 14.4 Å². The van der Waals surface area contributed by atoms with Gasteiger partial charge in [-0.2, -0.15) is 0 Å². The van der Waals surface area contributed by atoms with Crippen LogP contribution in [0.4, 0.5) is 0 Å². The first-order valence-corrected chi connectivity index (χ1v) is 27.8. The third-order valence-corrected chi connectivity index (χ3v) is 13.1. The van der Waals surface area contributed by atoms with Gasteiger partial charge in [0.1, 0.15) is 13.2 Å². The Kier molecular flexibility index (Phi) is 47.6. The number of unbranched alkanes of at least 4 members (excludes halogenated alkanes) is 34. The summed E-state index contributed by atoms with van der Waals surface area (Å²) in [7, 11) is 0. The first-order chi connectivity index (χ1) is 30.3. The Morgan fingerprint density at radius 3 is 0.919 bits per heavy atom. The van der Waals surface area contributed by atoms with E-state index in [9.17, 15) is 14.4 Å². The molecule has 0 fully saturated rings. The lowest BCUT2D eigenvalue weighted by atomic mass is 10.00. The molecule has 0 aromatic heterocycles. The van der Waals surface area contributed by atoms with E-state index in [4.69, 9.17) is 14.2 Å². The summed E-state index contributed by atoms with van der Waals surface area (Å²) in [5.41, 5.74) is 0. The Balaban J connectivity index is 4.25. The van der Waals surface area contributed by atoms with Crippen LogP contribution in [-0.4, -0.2) is 37.2 Å². The quantitative estimate of drug-likeness (QED) is 0.0344. The minimum Gasteiger partial charge on any atom is -0.462 e. The van der Waals surface area contributed by atoms with E-state index in [0.29, 0.717) is 19.3 Å². The van der Waals surface area contributed by atoms with Crippen LogP contribution >= 0.6 is 0 Å². The average Bonchev–Trinajstić information content (AvgIpc) is 3.26. The summed E-state index contributed by atoms with van der Waals surface area (Å²) in [6, 6.07) is 0. The fraction of sp³-hybridized carbons (Fsp3) is 0.946. The first kappa shape index (κ1) is 60.4. The molecule has 0 heterocycles. The zero-order valence-electron chi connectivity index (χ0n) is 42.5. The molecular weight excluding hydrogens is 769 g/mol. The molecule has 0 N–H and O–H groups in total. The Labute approximate surface area is 387 Å². The summed E-state index contributed by atoms with van der Waals surface area (Å²) in [4.78, 5) is 38.0. The average molecular weight is 877 g/mol. The number of ether oxygens (including phenoxy) is 3. The van der Waals surface area contributed by atoms with E-state index < -0.39 is 6.10 Å². The molecule has 0 spiro atoms. The van der Waals surface area contributed by atoms with E-state index >= 15 is 0 Å². The second kappa shape index (κ2) is 48.9. The maximum Gasteiger partial charge on any atom is 0.306 e. The van der Waals surface area contributed by atoms with Crippen LogP contribution < -0.4 is 0 Å². The lowest BCUT2D eigenvalue weighted by Gasteiger charge is -2.18. The molecule has 0 aromatic rings. The molecule has 0 aliphatic carbocycles. The van der Waals surface area contributed by atoms with Crippen LogP contribution in [-0.2, 0) is 28.6 Å². The van der Waals surface area contributed by atoms with Gasteiger partial charge in [-0.25, -0.2) is 0 Å². The van der Waals surface area contributed by atoms with Gasteiger partial charge in [0, 0.05) is 19.3 Å². The van der Waals surface area contributed by atoms with Crippen molar-refractivity contribution in [2.75, 3.05) is 13.2 Å². The van der Waals surface area contributed by atoms with Gasteiger partial charge in [0.2, 0.25) is 0 Å². The third-order valence-electron chi connectivity index (χ3n) is 13.1. The van der Waals surface area contributed by atoms with Crippen molar-refractivity contribution in [2.45, 2.75) is 317 Å². The molecule has 0 rings (SSSR count). The van der Waals surface area contributed by atoms with Gasteiger partial charge in [0.05, 0.1) is 0 Å². The van der Waals surface area contributed by atoms with E-state index in [1.54, 1.807) is 0 Å². The number of carbonyl (C=O) groups is 3. The molecule has 6 nitrogen and oxygen atoms in total. The monoisotopic (exact) mass is 877 g/mol. The van der Waals surface area contributed by atoms with Crippen molar-refractivity contribution in [1.29, 1.82) is 0 Å². The van der Waals surface area contributed by atoms with Crippen LogP contribution in [0, 0.1) is 11.8 Å². The highest BCUT2D eigenvalue weighted by Gasteiger charge is 2.19. The van der Waals surface area contributed by atoms with Crippen molar-refractivity contribution >= 4 is 17.9 Å². The van der Waals surface area contributed by atoms with E-state index in [2.05, 4.69) is 34.6 Å². The highest BCUT2D eigenvalue weighted by molar-refractivity contribution is 5.71. The van der Waals surface area contributed by atoms with Crippen LogP contribution in [0.1, 0.15) is 311 Å². The van der Waals surface area contributed by atoms with Crippen molar-refractivity contribution in [3.8, 4) is 0 Å². The second-order valence-corrected chi connectivity index (χ2v) is 19.9. The molecule has 0 aliphatic heterocycles. The predicted octanol–water partition coefficient (Wildman–Crippen LogP) is 18.1. The van der Waals surface area contributed by atoms with Crippen LogP contribution in [0.25, 0.3) is 0 Å². The first-order valence-electron chi connectivity index (χ1n) is 27.8. The highest BCUT2D eigenvalue weighted by atomic mass is 16.6. The minimum atomic E-state index is -0.762. The summed E-state index contributed by atoms with van der Waals surface area (Å²) in [6.45, 7) is 11.4. The Hall–Kier alpha value is -1.59. The summed E-state index contributed by atoms with van der Waals surface area (Å²) in [5, 5.41) is 0. The maximum atomic E-state index is 12.8. The molecule has 0 bridgehead atoms. The van der Waals surface area contributed by atoms with Gasteiger partial charge in [-0.1, -0.05) is 272 Å². The lowest BCUT2D eigenvalue weighted by molar-refractivity contribution is -0.167. The third kappa shape index (κ3) is 47.9. The molecule has 2 atom stereocenters. The molecule has 62 heavy (non-hydrogen) atoms. The van der Waals surface area contributed by atoms with E-state index in [-0.39, 0.29) is 31.1 Å². The molecule has 6 heteroatoms. The Morgan fingerprint density at radius 1 is 0.339 bits per heavy atom. The van der Waals surface area contributed by atoms with Gasteiger partial charge < -0.3 is 14.2 Å². The number of carbonyl (C=O) groups excluding carboxylic acids is 3. The normalized spacial score (nSPS) is 12.5. The zero-order chi connectivity index (χ0) is 45.4. The van der Waals surface area contributed by atoms with Crippen molar-refractivity contribution in [3.05, 3.63) is 0 Å². The highest BCUT2D eigenvalue weighted by Crippen LogP contribution is 2.18. The van der Waals surface area contributed by atoms with Crippen molar-refractivity contribution < 1.29 is 28.6 Å². The minimum absolute atomic E-state index is 0.0637. The lowest BCUT2D eigenvalue weighted by Crippen LogP contribution is -2.30. The second-order valence-electron chi connectivity index (χ2n) is 19.9. The Morgan fingerprint density at radius 2 is 0.613 bits per heavy atom. The van der Waals surface area contributed by atoms with Crippen LogP contribution in [0.15, 0.2) is 0 Å². The SMILES string of the molecule is CCCCCCCCCCCCCCCCCC(=O)O[C@H](COC(=O)CCCCCCCCCCCCCCCCCCC(C)C)COC(=O)CCCCCCCCC(C)CC. The molecule has 0 saturated carbocycles. The fourth-order valence-corrected chi connectivity index (χ4v) is 8.49. The van der Waals surface area contributed by atoms with Crippen molar-refractivity contribution in [1.82, 2.24) is 0 Å². The van der Waals surface area contributed by atoms with Crippen molar-refractivity contribution in [3.63, 3.8) is 0 Å². The fourth-order valence-electron chi connectivity index (χ4n) is 8.49. The number of hydrogen-bond donors (Lipinski definition) is 0. The van der Waals surface area contributed by atoms with Gasteiger partial charge in [0.25, 0.3) is 0 Å². The Bertz CT molecular complexity index is 949. The van der Waals surface area contributed by atoms with Crippen LogP contribution in [0.2, 0.25) is 0 Å². The predicted molar refractivity (Wildman–Crippen MR) is 266 cm³/mol. The van der Waals surface area contributed by atoms with E-state index in [1.165, 1.54) is 199 Å². The van der Waals surface area contributed by atoms with Gasteiger partial charge in [-0.05, 0) is 31.1 Å². The summed E-state index contributed by atoms with van der Waals surface area (Å²) < 4.78 is 16.8. The molecule has 0 saturated heterocycles. The molecule has 368 valence electrons. The topological polar surface area (TPSA) is 78.9 Å². The molecule has 0 radical (unpaired) electrons. The standard InChI is InChI=1S/C56H108O6/c1-6-8-9-10-11-12-13-14-17-22-25-28-31-38-43-48-56(59)62-53(50-61-55(58)47-42-37-33-32-35-40-45-52(5)7-2)49-60-54(57)46-41-36-30-27-24-21-19-16-15-18-20-23-26-29-34-39-44-51(3)4/h51-53H,6-50H2,1-5H3/t52?,53-/m1/s1. The van der Waals surface area contributed by atoms with Crippen LogP contribution in [0.5, 0.6) is 0 Å². The summed E-state index contributed by atoms with van der Waals surface area (Å²) in [6.07, 6.45) is 51.0.